The van der Waals surface area contributed by atoms with Crippen LogP contribution in [0.1, 0.15) is 22.8 Å². The number of aromatic carboxylic acids is 1. The Morgan fingerprint density at radius 3 is 2.68 bits per heavy atom. The van der Waals surface area contributed by atoms with E-state index in [9.17, 15) is 4.79 Å². The van der Waals surface area contributed by atoms with Gasteiger partial charge in [-0.1, -0.05) is 30.4 Å². The van der Waals surface area contributed by atoms with Crippen LogP contribution in [0.4, 0.5) is 0 Å². The highest BCUT2D eigenvalue weighted by molar-refractivity contribution is 5.87. The topological polar surface area (TPSA) is 59.4 Å². The predicted octanol–water partition coefficient (Wildman–Crippen LogP) is 3.61. The van der Waals surface area contributed by atoms with Crippen molar-refractivity contribution in [3.05, 3.63) is 59.8 Å². The van der Waals surface area contributed by atoms with Gasteiger partial charge in [0.25, 0.3) is 0 Å². The molecule has 2 rings (SSSR count). The molecule has 4 heteroatoms. The van der Waals surface area contributed by atoms with Crippen molar-refractivity contribution in [2.45, 2.75) is 6.92 Å². The Labute approximate surface area is 111 Å². The van der Waals surface area contributed by atoms with Crippen molar-refractivity contribution >= 4 is 12.0 Å². The van der Waals surface area contributed by atoms with Gasteiger partial charge in [-0.15, -0.1) is 0 Å². The number of nitrogens with zero attached hydrogens (tertiary/aromatic N) is 1. The lowest BCUT2D eigenvalue weighted by molar-refractivity contribution is 0.0696. The molecule has 0 bridgehead atoms. The van der Waals surface area contributed by atoms with E-state index in [4.69, 9.17) is 9.84 Å². The molecule has 0 atom stereocenters. The molecule has 0 aliphatic rings. The van der Waals surface area contributed by atoms with Gasteiger partial charge in [-0.3, -0.25) is 0 Å². The molecule has 0 saturated heterocycles. The fourth-order valence-electron chi connectivity index (χ4n) is 1.57. The summed E-state index contributed by atoms with van der Waals surface area (Å²) in [5.74, 6) is 0.0338. The van der Waals surface area contributed by atoms with Crippen LogP contribution in [0.15, 0.2) is 48.7 Å². The molecule has 19 heavy (non-hydrogen) atoms. The highest BCUT2D eigenvalue weighted by Gasteiger charge is 2.05. The minimum absolute atomic E-state index is 0.133. The maximum atomic E-state index is 10.7. The molecule has 0 aliphatic carbocycles. The number of benzene rings is 1. The van der Waals surface area contributed by atoms with Crippen molar-refractivity contribution in [2.75, 3.05) is 0 Å². The second-order valence-electron chi connectivity index (χ2n) is 3.83. The van der Waals surface area contributed by atoms with Crippen molar-refractivity contribution in [3.8, 4) is 11.6 Å². The zero-order chi connectivity index (χ0) is 13.7. The standard InChI is InChI=1S/C15H13NO3/c1-2-5-11-6-3-4-7-13(11)19-14-9-8-12(10-16-14)15(17)18/h2-10H,1H3,(H,17,18)/b5-2+. The molecule has 1 aromatic heterocycles. The molecule has 0 aliphatic heterocycles. The Hall–Kier alpha value is -2.62. The third kappa shape index (κ3) is 3.19. The molecule has 0 spiro atoms. The molecule has 4 nitrogen and oxygen atoms in total. The van der Waals surface area contributed by atoms with Crippen LogP contribution >= 0.6 is 0 Å². The molecule has 0 radical (unpaired) electrons. The summed E-state index contributed by atoms with van der Waals surface area (Å²) in [6.07, 6.45) is 5.13. The number of para-hydroxylation sites is 1. The maximum Gasteiger partial charge on any atom is 0.337 e. The van der Waals surface area contributed by atoms with Crippen molar-refractivity contribution in [3.63, 3.8) is 0 Å². The molecule has 0 unspecified atom stereocenters. The van der Waals surface area contributed by atoms with E-state index in [1.165, 1.54) is 18.3 Å². The second kappa shape index (κ2) is 5.82. The largest absolute Gasteiger partial charge is 0.478 e. The Morgan fingerprint density at radius 2 is 2.05 bits per heavy atom. The summed E-state index contributed by atoms with van der Waals surface area (Å²) in [5, 5.41) is 8.79. The van der Waals surface area contributed by atoms with Crippen LogP contribution < -0.4 is 4.74 Å². The number of pyridine rings is 1. The smallest absolute Gasteiger partial charge is 0.337 e. The van der Waals surface area contributed by atoms with Crippen LogP contribution in [-0.4, -0.2) is 16.1 Å². The van der Waals surface area contributed by atoms with Gasteiger partial charge in [0.05, 0.1) is 5.56 Å². The minimum Gasteiger partial charge on any atom is -0.478 e. The average Bonchev–Trinajstić information content (AvgIpc) is 2.42. The van der Waals surface area contributed by atoms with Gasteiger partial charge in [0.2, 0.25) is 5.88 Å². The van der Waals surface area contributed by atoms with E-state index in [0.29, 0.717) is 11.6 Å². The number of aromatic nitrogens is 1. The SMILES string of the molecule is C/C=C/c1ccccc1Oc1ccc(C(=O)O)cn1. The van der Waals surface area contributed by atoms with Crippen molar-refractivity contribution in [1.29, 1.82) is 0 Å². The van der Waals surface area contributed by atoms with E-state index < -0.39 is 5.97 Å². The number of rotatable bonds is 4. The molecule has 0 saturated carbocycles. The van der Waals surface area contributed by atoms with Crippen LogP contribution in [-0.2, 0) is 0 Å². The molecule has 1 N–H and O–H groups in total. The normalized spacial score (nSPS) is 10.6. The van der Waals surface area contributed by atoms with Gasteiger partial charge in [-0.2, -0.15) is 0 Å². The molecule has 1 heterocycles. The number of carbonyl (C=O) groups is 1. The summed E-state index contributed by atoms with van der Waals surface area (Å²) in [6, 6.07) is 10.6. The molecule has 2 aromatic rings. The van der Waals surface area contributed by atoms with Gasteiger partial charge in [0, 0.05) is 17.8 Å². The highest BCUT2D eigenvalue weighted by Crippen LogP contribution is 2.24. The van der Waals surface area contributed by atoms with Gasteiger partial charge in [-0.05, 0) is 19.1 Å². The van der Waals surface area contributed by atoms with Gasteiger partial charge >= 0.3 is 5.97 Å². The van der Waals surface area contributed by atoms with Crippen LogP contribution in [0, 0.1) is 0 Å². The number of ether oxygens (including phenoxy) is 1. The first-order valence-corrected chi connectivity index (χ1v) is 5.79. The van der Waals surface area contributed by atoms with E-state index in [0.717, 1.165) is 5.56 Å². The van der Waals surface area contributed by atoms with Crippen molar-refractivity contribution in [1.82, 2.24) is 4.98 Å². The van der Waals surface area contributed by atoms with E-state index >= 15 is 0 Å². The number of hydrogen-bond acceptors (Lipinski definition) is 3. The van der Waals surface area contributed by atoms with Gasteiger partial charge < -0.3 is 9.84 Å². The predicted molar refractivity (Wildman–Crippen MR) is 72.4 cm³/mol. The fraction of sp³-hybridized carbons (Fsp3) is 0.0667. The second-order valence-corrected chi connectivity index (χ2v) is 3.83. The Kier molecular flexibility index (Phi) is 3.93. The summed E-state index contributed by atoms with van der Waals surface area (Å²) in [5.41, 5.74) is 1.07. The number of allylic oxidation sites excluding steroid dienone is 1. The lowest BCUT2D eigenvalue weighted by Gasteiger charge is -2.07. The Bertz CT molecular complexity index is 603. The van der Waals surface area contributed by atoms with E-state index in [1.54, 1.807) is 0 Å². The molecule has 96 valence electrons. The van der Waals surface area contributed by atoms with Crippen LogP contribution in [0.25, 0.3) is 6.08 Å². The number of carboxylic acids is 1. The van der Waals surface area contributed by atoms with Gasteiger partial charge in [0.1, 0.15) is 5.75 Å². The third-order valence-electron chi connectivity index (χ3n) is 2.46. The maximum absolute atomic E-state index is 10.7. The fourth-order valence-corrected chi connectivity index (χ4v) is 1.57. The third-order valence-corrected chi connectivity index (χ3v) is 2.46. The molecule has 0 fully saturated rings. The first kappa shape index (κ1) is 12.8. The number of hydrogen-bond donors (Lipinski definition) is 1. The Balaban J connectivity index is 2.23. The zero-order valence-corrected chi connectivity index (χ0v) is 10.4. The molecule has 0 amide bonds. The van der Waals surface area contributed by atoms with Gasteiger partial charge in [-0.25, -0.2) is 9.78 Å². The molecular formula is C15H13NO3. The molecular weight excluding hydrogens is 242 g/mol. The first-order valence-electron chi connectivity index (χ1n) is 5.79. The highest BCUT2D eigenvalue weighted by atomic mass is 16.5. The van der Waals surface area contributed by atoms with Gasteiger partial charge in [0.15, 0.2) is 0 Å². The monoisotopic (exact) mass is 255 g/mol. The lowest BCUT2D eigenvalue weighted by atomic mass is 10.2. The van der Waals surface area contributed by atoms with Crippen LogP contribution in [0.5, 0.6) is 11.6 Å². The summed E-state index contributed by atoms with van der Waals surface area (Å²) >= 11 is 0. The van der Waals surface area contributed by atoms with Crippen molar-refractivity contribution in [2.24, 2.45) is 0 Å². The summed E-state index contributed by atoms with van der Waals surface area (Å²) in [4.78, 5) is 14.7. The number of carboxylic acid groups (broad SMARTS) is 1. The summed E-state index contributed by atoms with van der Waals surface area (Å²) in [7, 11) is 0. The summed E-state index contributed by atoms with van der Waals surface area (Å²) in [6.45, 7) is 1.93. The van der Waals surface area contributed by atoms with Crippen molar-refractivity contribution < 1.29 is 14.6 Å². The molecule has 1 aromatic carbocycles. The average molecular weight is 255 g/mol. The Morgan fingerprint density at radius 1 is 1.26 bits per heavy atom. The lowest BCUT2D eigenvalue weighted by Crippen LogP contribution is -1.97. The van der Waals surface area contributed by atoms with E-state index in [1.807, 2.05) is 43.3 Å². The van der Waals surface area contributed by atoms with E-state index in [2.05, 4.69) is 4.98 Å². The zero-order valence-electron chi connectivity index (χ0n) is 10.4. The first-order chi connectivity index (χ1) is 9.20. The van der Waals surface area contributed by atoms with E-state index in [-0.39, 0.29) is 5.56 Å². The van der Waals surface area contributed by atoms with Crippen LogP contribution in [0.3, 0.4) is 0 Å². The minimum atomic E-state index is -1.01. The summed E-state index contributed by atoms with van der Waals surface area (Å²) < 4.78 is 5.64. The van der Waals surface area contributed by atoms with Crippen LogP contribution in [0.2, 0.25) is 0 Å². The quantitative estimate of drug-likeness (QED) is 0.906.